The molecular formula is C26H26F3NO2. The van der Waals surface area contributed by atoms with Crippen LogP contribution in [0.4, 0.5) is 18.9 Å². The van der Waals surface area contributed by atoms with E-state index < -0.39 is 29.7 Å². The van der Waals surface area contributed by atoms with Crippen LogP contribution in [0.25, 0.3) is 0 Å². The van der Waals surface area contributed by atoms with E-state index in [0.717, 1.165) is 49.3 Å². The summed E-state index contributed by atoms with van der Waals surface area (Å²) < 4.78 is 41.4. The minimum atomic E-state index is -4.59. The highest BCUT2D eigenvalue weighted by molar-refractivity contribution is 6.28. The third-order valence-electron chi connectivity index (χ3n) is 6.40. The van der Waals surface area contributed by atoms with Crippen molar-refractivity contribution in [2.24, 2.45) is 0 Å². The van der Waals surface area contributed by atoms with E-state index in [1.807, 2.05) is 12.1 Å². The maximum Gasteiger partial charge on any atom is 0.416 e. The molecule has 0 aromatic heterocycles. The highest BCUT2D eigenvalue weighted by atomic mass is 19.4. The smallest absolute Gasteiger partial charge is 0.382 e. The molecule has 0 bridgehead atoms. The van der Waals surface area contributed by atoms with E-state index in [1.54, 1.807) is 25.1 Å². The van der Waals surface area contributed by atoms with Gasteiger partial charge in [0.25, 0.3) is 0 Å². The van der Waals surface area contributed by atoms with Crippen molar-refractivity contribution in [2.75, 3.05) is 5.32 Å². The number of nitrogens with one attached hydrogen (secondary N) is 1. The van der Waals surface area contributed by atoms with E-state index in [4.69, 9.17) is 0 Å². The zero-order chi connectivity index (χ0) is 22.9. The van der Waals surface area contributed by atoms with Crippen molar-refractivity contribution in [1.29, 1.82) is 0 Å². The maximum absolute atomic E-state index is 13.8. The monoisotopic (exact) mass is 441 g/mol. The molecule has 4 rings (SSSR count). The molecule has 0 aliphatic heterocycles. The van der Waals surface area contributed by atoms with Crippen molar-refractivity contribution < 1.29 is 22.8 Å². The first-order valence-corrected chi connectivity index (χ1v) is 11.1. The molecule has 6 heteroatoms. The second-order valence-corrected chi connectivity index (χ2v) is 8.71. The number of allylic oxidation sites excluding steroid dienone is 2. The Morgan fingerprint density at radius 2 is 1.84 bits per heavy atom. The molecule has 1 N–H and O–H groups in total. The zero-order valence-corrected chi connectivity index (χ0v) is 18.0. The standard InChI is InChI=1S/C26H26F3NO2/c1-16-6-5-7-17-11-13-21(25(32)24(16)17)23(31)14-18-10-12-20(15-22(18)26(27,28)29)30-19-8-3-2-4-9-19/h5-7,10,12-13,15,19,30H,2-4,8-9,11,14H2,1H3. The van der Waals surface area contributed by atoms with Gasteiger partial charge in [-0.15, -0.1) is 0 Å². The number of halogens is 3. The number of hydrogen-bond donors (Lipinski definition) is 1. The number of carbonyl (C=O) groups excluding carboxylic acids is 2. The molecule has 1 saturated carbocycles. The van der Waals surface area contributed by atoms with Gasteiger partial charge in [0.2, 0.25) is 0 Å². The second kappa shape index (κ2) is 8.93. The van der Waals surface area contributed by atoms with E-state index in [-0.39, 0.29) is 17.2 Å². The number of alkyl halides is 3. The van der Waals surface area contributed by atoms with Crippen LogP contribution >= 0.6 is 0 Å². The lowest BCUT2D eigenvalue weighted by Gasteiger charge is -2.25. The molecule has 0 heterocycles. The van der Waals surface area contributed by atoms with E-state index >= 15 is 0 Å². The lowest BCUT2D eigenvalue weighted by molar-refractivity contribution is -0.138. The van der Waals surface area contributed by atoms with Crippen molar-refractivity contribution >= 4 is 17.3 Å². The van der Waals surface area contributed by atoms with Gasteiger partial charge in [-0.3, -0.25) is 9.59 Å². The summed E-state index contributed by atoms with van der Waals surface area (Å²) in [6.07, 6.45) is 2.09. The van der Waals surface area contributed by atoms with Crippen LogP contribution in [0, 0.1) is 6.92 Å². The fraction of sp³-hybridized carbons (Fsp3) is 0.385. The minimum Gasteiger partial charge on any atom is -0.382 e. The van der Waals surface area contributed by atoms with Crippen molar-refractivity contribution in [3.8, 4) is 0 Å². The molecule has 1 fully saturated rings. The minimum absolute atomic E-state index is 0.0238. The molecule has 0 radical (unpaired) electrons. The highest BCUT2D eigenvalue weighted by Crippen LogP contribution is 2.35. The number of hydrogen-bond acceptors (Lipinski definition) is 3. The first-order chi connectivity index (χ1) is 15.2. The molecule has 2 aromatic carbocycles. The molecule has 32 heavy (non-hydrogen) atoms. The number of rotatable bonds is 5. The average Bonchev–Trinajstić information content (AvgIpc) is 2.75. The summed E-state index contributed by atoms with van der Waals surface area (Å²) in [6.45, 7) is 1.80. The maximum atomic E-state index is 13.8. The number of carbonyl (C=O) groups is 2. The summed E-state index contributed by atoms with van der Waals surface area (Å²) in [6, 6.07) is 9.70. The van der Waals surface area contributed by atoms with Gasteiger partial charge >= 0.3 is 6.18 Å². The van der Waals surface area contributed by atoms with E-state index in [9.17, 15) is 22.8 Å². The van der Waals surface area contributed by atoms with E-state index in [2.05, 4.69) is 5.32 Å². The van der Waals surface area contributed by atoms with Crippen LogP contribution < -0.4 is 5.32 Å². The van der Waals surface area contributed by atoms with Crippen LogP contribution in [0.2, 0.25) is 0 Å². The highest BCUT2D eigenvalue weighted by Gasteiger charge is 2.35. The quantitative estimate of drug-likeness (QED) is 0.559. The number of ketones is 2. The Morgan fingerprint density at radius 1 is 1.09 bits per heavy atom. The van der Waals surface area contributed by atoms with Crippen molar-refractivity contribution in [3.63, 3.8) is 0 Å². The summed E-state index contributed by atoms with van der Waals surface area (Å²) in [5.41, 5.74) is 1.54. The predicted octanol–water partition coefficient (Wildman–Crippen LogP) is 6.24. The largest absolute Gasteiger partial charge is 0.416 e. The number of anilines is 1. The predicted molar refractivity (Wildman–Crippen MR) is 118 cm³/mol. The van der Waals surface area contributed by atoms with Crippen molar-refractivity contribution in [1.82, 2.24) is 0 Å². The van der Waals surface area contributed by atoms with Gasteiger partial charge in [0.1, 0.15) is 0 Å². The third kappa shape index (κ3) is 4.64. The van der Waals surface area contributed by atoms with Crippen molar-refractivity contribution in [2.45, 2.75) is 64.1 Å². The summed E-state index contributed by atoms with van der Waals surface area (Å²) in [5.74, 6) is -0.985. The van der Waals surface area contributed by atoms with Gasteiger partial charge in [-0.05, 0) is 55.0 Å². The Kier molecular flexibility index (Phi) is 6.22. The van der Waals surface area contributed by atoms with Gasteiger partial charge in [0.05, 0.1) is 11.1 Å². The van der Waals surface area contributed by atoms with Gasteiger partial charge in [-0.1, -0.05) is 49.6 Å². The Balaban J connectivity index is 1.57. The molecule has 2 aliphatic carbocycles. The molecule has 168 valence electrons. The van der Waals surface area contributed by atoms with Crippen LogP contribution in [0.3, 0.4) is 0 Å². The number of benzene rings is 2. The molecule has 0 unspecified atom stereocenters. The van der Waals surface area contributed by atoms with E-state index in [1.165, 1.54) is 6.07 Å². The van der Waals surface area contributed by atoms with Crippen LogP contribution in [-0.4, -0.2) is 17.6 Å². The molecule has 0 atom stereocenters. The Morgan fingerprint density at radius 3 is 2.56 bits per heavy atom. The average molecular weight is 441 g/mol. The van der Waals surface area contributed by atoms with Crippen LogP contribution in [0.5, 0.6) is 0 Å². The SMILES string of the molecule is Cc1cccc2c1C(=O)C(C(=O)Cc1ccc(NC3CCCCC3)cc1C(F)(F)F)=CC2. The van der Waals surface area contributed by atoms with Gasteiger partial charge in [-0.25, -0.2) is 0 Å². The van der Waals surface area contributed by atoms with Crippen LogP contribution in [0.1, 0.15) is 64.7 Å². The Bertz CT molecular complexity index is 1080. The first kappa shape index (κ1) is 22.3. The Hall–Kier alpha value is -2.89. The summed E-state index contributed by atoms with van der Waals surface area (Å²) in [7, 11) is 0. The molecule has 2 aromatic rings. The Labute approximate surface area is 185 Å². The van der Waals surface area contributed by atoms with Gasteiger partial charge in [0, 0.05) is 23.7 Å². The number of aryl methyl sites for hydroxylation is 1. The topological polar surface area (TPSA) is 46.2 Å². The summed E-state index contributed by atoms with van der Waals surface area (Å²) in [5, 5.41) is 3.21. The summed E-state index contributed by atoms with van der Waals surface area (Å²) >= 11 is 0. The first-order valence-electron chi connectivity index (χ1n) is 11.1. The van der Waals surface area contributed by atoms with Gasteiger partial charge < -0.3 is 5.32 Å². The fourth-order valence-electron chi connectivity index (χ4n) is 4.74. The lowest BCUT2D eigenvalue weighted by atomic mass is 9.84. The zero-order valence-electron chi connectivity index (χ0n) is 18.0. The van der Waals surface area contributed by atoms with Crippen molar-refractivity contribution in [3.05, 3.63) is 75.9 Å². The molecule has 0 amide bonds. The fourth-order valence-corrected chi connectivity index (χ4v) is 4.74. The van der Waals surface area contributed by atoms with Crippen LogP contribution in [-0.2, 0) is 23.8 Å². The van der Waals surface area contributed by atoms with E-state index in [0.29, 0.717) is 17.7 Å². The molecule has 2 aliphatic rings. The number of fused-ring (bicyclic) bond motifs is 1. The second-order valence-electron chi connectivity index (χ2n) is 8.71. The third-order valence-corrected chi connectivity index (χ3v) is 6.40. The lowest BCUT2D eigenvalue weighted by Crippen LogP contribution is -2.24. The molecular weight excluding hydrogens is 415 g/mol. The number of Topliss-reactive ketones (excluding diaryl/α,β-unsaturated/α-hetero) is 2. The van der Waals surface area contributed by atoms with Gasteiger partial charge in [0.15, 0.2) is 11.6 Å². The summed E-state index contributed by atoms with van der Waals surface area (Å²) in [4.78, 5) is 25.8. The van der Waals surface area contributed by atoms with Gasteiger partial charge in [-0.2, -0.15) is 13.2 Å². The molecule has 0 saturated heterocycles. The van der Waals surface area contributed by atoms with Crippen LogP contribution in [0.15, 0.2) is 48.0 Å². The molecule has 3 nitrogen and oxygen atoms in total. The normalized spacial score (nSPS) is 17.0. The molecule has 0 spiro atoms.